The van der Waals surface area contributed by atoms with Gasteiger partial charge in [-0.25, -0.2) is 0 Å². The highest BCUT2D eigenvalue weighted by Crippen LogP contribution is 2.29. The number of carbonyl (C=O) groups excluding carboxylic acids is 1. The summed E-state index contributed by atoms with van der Waals surface area (Å²) in [5.74, 6) is 1.50. The summed E-state index contributed by atoms with van der Waals surface area (Å²) in [7, 11) is 0. The van der Waals surface area contributed by atoms with Crippen molar-refractivity contribution in [3.63, 3.8) is 0 Å². The smallest absolute Gasteiger partial charge is 0.239 e. The van der Waals surface area contributed by atoms with Gasteiger partial charge in [0.15, 0.2) is 4.34 Å². The Bertz CT molecular complexity index is 646. The van der Waals surface area contributed by atoms with Crippen LogP contribution >= 0.6 is 46.5 Å². The Labute approximate surface area is 153 Å². The van der Waals surface area contributed by atoms with Crippen LogP contribution in [0.5, 0.6) is 0 Å². The first kappa shape index (κ1) is 18.6. The SMILES string of the molecule is CC(C)CSc1nnc(NC(=O)[C@@H](C)Sc2ccc(Cl)cc2)s1. The van der Waals surface area contributed by atoms with E-state index in [0.717, 1.165) is 15.0 Å². The lowest BCUT2D eigenvalue weighted by Gasteiger charge is -2.10. The molecule has 124 valence electrons. The summed E-state index contributed by atoms with van der Waals surface area (Å²) >= 11 is 10.4. The molecule has 4 nitrogen and oxygen atoms in total. The summed E-state index contributed by atoms with van der Waals surface area (Å²) in [6.45, 7) is 6.18. The summed E-state index contributed by atoms with van der Waals surface area (Å²) in [5, 5.41) is 11.9. The Balaban J connectivity index is 1.86. The number of anilines is 1. The summed E-state index contributed by atoms with van der Waals surface area (Å²) in [4.78, 5) is 13.2. The lowest BCUT2D eigenvalue weighted by Crippen LogP contribution is -2.22. The van der Waals surface area contributed by atoms with Gasteiger partial charge in [0.2, 0.25) is 11.0 Å². The molecule has 1 aromatic carbocycles. The van der Waals surface area contributed by atoms with Crippen LogP contribution in [-0.2, 0) is 4.79 Å². The van der Waals surface area contributed by atoms with Crippen LogP contribution in [0.1, 0.15) is 20.8 Å². The van der Waals surface area contributed by atoms with Crippen molar-refractivity contribution in [3.05, 3.63) is 29.3 Å². The minimum absolute atomic E-state index is 0.0819. The second kappa shape index (κ2) is 8.92. The average Bonchev–Trinajstić information content (AvgIpc) is 2.95. The van der Waals surface area contributed by atoms with Gasteiger partial charge in [-0.1, -0.05) is 48.5 Å². The van der Waals surface area contributed by atoms with Crippen LogP contribution in [0.15, 0.2) is 33.5 Å². The molecule has 23 heavy (non-hydrogen) atoms. The number of benzene rings is 1. The number of thioether (sulfide) groups is 2. The molecule has 0 radical (unpaired) electrons. The van der Waals surface area contributed by atoms with E-state index in [0.29, 0.717) is 16.1 Å². The summed E-state index contributed by atoms with van der Waals surface area (Å²) < 4.78 is 0.881. The lowest BCUT2D eigenvalue weighted by atomic mass is 10.3. The molecule has 0 saturated carbocycles. The van der Waals surface area contributed by atoms with E-state index in [2.05, 4.69) is 29.4 Å². The second-order valence-electron chi connectivity index (χ2n) is 5.28. The fraction of sp³-hybridized carbons (Fsp3) is 0.400. The second-order valence-corrected chi connectivity index (χ2v) is 9.38. The molecule has 0 fully saturated rings. The number of hydrogen-bond donors (Lipinski definition) is 1. The maximum atomic E-state index is 12.2. The molecule has 0 bridgehead atoms. The Hall–Kier alpha value is -0.760. The molecule has 1 heterocycles. The summed E-state index contributed by atoms with van der Waals surface area (Å²) in [6, 6.07) is 7.44. The highest BCUT2D eigenvalue weighted by molar-refractivity contribution is 8.01. The number of carbonyl (C=O) groups is 1. The molecule has 1 aromatic heterocycles. The number of halogens is 1. The van der Waals surface area contributed by atoms with Crippen molar-refractivity contribution in [3.8, 4) is 0 Å². The van der Waals surface area contributed by atoms with E-state index in [-0.39, 0.29) is 11.2 Å². The number of rotatable bonds is 7. The zero-order chi connectivity index (χ0) is 16.8. The predicted octanol–water partition coefficient (Wildman–Crippen LogP) is 5.06. The van der Waals surface area contributed by atoms with E-state index in [4.69, 9.17) is 11.6 Å². The molecule has 1 atom stereocenters. The van der Waals surface area contributed by atoms with Crippen LogP contribution in [0, 0.1) is 5.92 Å². The Morgan fingerprint density at radius 2 is 1.96 bits per heavy atom. The predicted molar refractivity (Wildman–Crippen MR) is 101 cm³/mol. The van der Waals surface area contributed by atoms with Crippen molar-refractivity contribution >= 4 is 57.5 Å². The van der Waals surface area contributed by atoms with E-state index < -0.39 is 0 Å². The monoisotopic (exact) mass is 387 g/mol. The van der Waals surface area contributed by atoms with Gasteiger partial charge in [0.05, 0.1) is 5.25 Å². The van der Waals surface area contributed by atoms with Gasteiger partial charge in [-0.15, -0.1) is 22.0 Å². The van der Waals surface area contributed by atoms with Crippen LogP contribution in [0.3, 0.4) is 0 Å². The molecule has 1 amide bonds. The van der Waals surface area contributed by atoms with Gasteiger partial charge in [0.1, 0.15) is 0 Å². The first-order valence-electron chi connectivity index (χ1n) is 7.13. The van der Waals surface area contributed by atoms with Gasteiger partial charge in [0.25, 0.3) is 0 Å². The summed E-state index contributed by atoms with van der Waals surface area (Å²) in [5.41, 5.74) is 0. The first-order valence-corrected chi connectivity index (χ1v) is 10.2. The molecule has 1 N–H and O–H groups in total. The van der Waals surface area contributed by atoms with E-state index in [1.54, 1.807) is 11.8 Å². The topological polar surface area (TPSA) is 54.9 Å². The van der Waals surface area contributed by atoms with Crippen LogP contribution < -0.4 is 5.32 Å². The maximum absolute atomic E-state index is 12.2. The van der Waals surface area contributed by atoms with Gasteiger partial charge in [-0.2, -0.15) is 0 Å². The van der Waals surface area contributed by atoms with Gasteiger partial charge in [0, 0.05) is 15.7 Å². The van der Waals surface area contributed by atoms with Crippen molar-refractivity contribution in [1.82, 2.24) is 10.2 Å². The average molecular weight is 388 g/mol. The number of amides is 1. The van der Waals surface area contributed by atoms with Gasteiger partial charge >= 0.3 is 0 Å². The van der Waals surface area contributed by atoms with E-state index >= 15 is 0 Å². The van der Waals surface area contributed by atoms with Crippen LogP contribution in [0.4, 0.5) is 5.13 Å². The third-order valence-electron chi connectivity index (χ3n) is 2.67. The first-order chi connectivity index (χ1) is 10.9. The van der Waals surface area contributed by atoms with Crippen molar-refractivity contribution in [1.29, 1.82) is 0 Å². The Morgan fingerprint density at radius 1 is 1.26 bits per heavy atom. The number of aromatic nitrogens is 2. The van der Waals surface area contributed by atoms with Crippen LogP contribution in [-0.4, -0.2) is 27.1 Å². The number of nitrogens with zero attached hydrogens (tertiary/aromatic N) is 2. The highest BCUT2D eigenvalue weighted by atomic mass is 35.5. The normalized spacial score (nSPS) is 12.4. The van der Waals surface area contributed by atoms with Gasteiger partial charge < -0.3 is 0 Å². The lowest BCUT2D eigenvalue weighted by molar-refractivity contribution is -0.115. The molecule has 0 aliphatic rings. The van der Waals surface area contributed by atoms with Crippen LogP contribution in [0.2, 0.25) is 5.02 Å². The molecule has 2 aromatic rings. The maximum Gasteiger partial charge on any atom is 0.239 e. The van der Waals surface area contributed by atoms with Crippen molar-refractivity contribution in [2.24, 2.45) is 5.92 Å². The molecule has 0 aliphatic heterocycles. The summed E-state index contributed by atoms with van der Waals surface area (Å²) in [6.07, 6.45) is 0. The molecular formula is C15H18ClN3OS3. The largest absolute Gasteiger partial charge is 0.300 e. The van der Waals surface area contributed by atoms with Gasteiger partial charge in [-0.05, 0) is 37.1 Å². The highest BCUT2D eigenvalue weighted by Gasteiger charge is 2.16. The number of nitrogens with one attached hydrogen (secondary N) is 1. The van der Waals surface area contributed by atoms with Gasteiger partial charge in [-0.3, -0.25) is 10.1 Å². The van der Waals surface area contributed by atoms with E-state index in [1.807, 2.05) is 31.2 Å². The molecule has 0 spiro atoms. The third-order valence-corrected chi connectivity index (χ3v) is 6.44. The molecule has 0 unspecified atom stereocenters. The molecular weight excluding hydrogens is 370 g/mol. The number of hydrogen-bond acceptors (Lipinski definition) is 6. The molecule has 2 rings (SSSR count). The molecule has 8 heteroatoms. The standard InChI is InChI=1S/C15H18ClN3OS3/c1-9(2)8-21-15-19-18-14(23-15)17-13(20)10(3)22-12-6-4-11(16)5-7-12/h4-7,9-10H,8H2,1-3H3,(H,17,18,20)/t10-/m1/s1. The molecule has 0 saturated heterocycles. The third kappa shape index (κ3) is 6.33. The van der Waals surface area contributed by atoms with Crippen molar-refractivity contribution < 1.29 is 4.79 Å². The Morgan fingerprint density at radius 3 is 2.61 bits per heavy atom. The zero-order valence-corrected chi connectivity index (χ0v) is 16.3. The zero-order valence-electron chi connectivity index (χ0n) is 13.1. The molecule has 0 aliphatic carbocycles. The minimum Gasteiger partial charge on any atom is -0.300 e. The van der Waals surface area contributed by atoms with Crippen molar-refractivity contribution in [2.75, 3.05) is 11.1 Å². The quantitative estimate of drug-likeness (QED) is 0.531. The van der Waals surface area contributed by atoms with Crippen molar-refractivity contribution in [2.45, 2.75) is 35.3 Å². The fourth-order valence-electron chi connectivity index (χ4n) is 1.53. The minimum atomic E-state index is -0.230. The van der Waals surface area contributed by atoms with E-state index in [1.165, 1.54) is 23.1 Å². The van der Waals surface area contributed by atoms with Crippen LogP contribution in [0.25, 0.3) is 0 Å². The Kier molecular flexibility index (Phi) is 7.20. The fourth-order valence-corrected chi connectivity index (χ4v) is 4.26. The van der Waals surface area contributed by atoms with E-state index in [9.17, 15) is 4.79 Å².